The number of amides is 2. The van der Waals surface area contributed by atoms with E-state index in [2.05, 4.69) is 5.32 Å². The molecular weight excluding hydrogens is 550 g/mol. The van der Waals surface area contributed by atoms with Crippen LogP contribution in [0.15, 0.2) is 77.7 Å². The fraction of sp³-hybridized carbons (Fsp3) is 0.333. The number of methoxy groups -OCH3 is 1. The molecule has 0 aliphatic carbocycles. The minimum absolute atomic E-state index is 0.0449. The first kappa shape index (κ1) is 31.0. The summed E-state index contributed by atoms with van der Waals surface area (Å²) in [5.41, 5.74) is 1.68. The van der Waals surface area contributed by atoms with Gasteiger partial charge in [-0.05, 0) is 80.8 Å². The van der Waals surface area contributed by atoms with Crippen LogP contribution in [0, 0.1) is 6.92 Å². The molecule has 40 heavy (non-hydrogen) atoms. The summed E-state index contributed by atoms with van der Waals surface area (Å²) in [5.74, 6) is -0.167. The van der Waals surface area contributed by atoms with E-state index in [-0.39, 0.29) is 23.4 Å². The van der Waals surface area contributed by atoms with Gasteiger partial charge in [-0.15, -0.1) is 0 Å². The number of rotatable bonds is 12. The number of aryl methyl sites for hydroxylation is 1. The van der Waals surface area contributed by atoms with Crippen molar-refractivity contribution >= 4 is 39.1 Å². The van der Waals surface area contributed by atoms with Crippen molar-refractivity contribution in [3.8, 4) is 5.75 Å². The highest BCUT2D eigenvalue weighted by molar-refractivity contribution is 7.92. The molecule has 0 radical (unpaired) electrons. The zero-order valence-electron chi connectivity index (χ0n) is 23.4. The van der Waals surface area contributed by atoms with Crippen molar-refractivity contribution in [1.82, 2.24) is 10.2 Å². The molecule has 0 bridgehead atoms. The number of nitrogens with one attached hydrogen (secondary N) is 1. The highest BCUT2D eigenvalue weighted by atomic mass is 35.5. The number of nitrogens with zero attached hydrogens (tertiary/aromatic N) is 2. The summed E-state index contributed by atoms with van der Waals surface area (Å²) in [6.07, 6.45) is 0.339. The lowest BCUT2D eigenvalue weighted by Crippen LogP contribution is -2.53. The van der Waals surface area contributed by atoms with E-state index >= 15 is 0 Å². The summed E-state index contributed by atoms with van der Waals surface area (Å²) in [4.78, 5) is 28.8. The van der Waals surface area contributed by atoms with Gasteiger partial charge in [0.15, 0.2) is 0 Å². The Balaban J connectivity index is 2.08. The highest BCUT2D eigenvalue weighted by Crippen LogP contribution is 2.29. The Morgan fingerprint density at radius 3 is 2.20 bits per heavy atom. The standard InChI is InChI=1S/C30H36ClN3O5S/c1-6-27(30(36)32-21(2)3)33(19-23-12-15-25(39-5)16-13-23)29(35)20-34(28-17-14-24(31)18-22(28)4)40(37,38)26-10-8-7-9-11-26/h7-18,21,27H,6,19-20H2,1-5H3,(H,32,36). The average Bonchev–Trinajstić information content (AvgIpc) is 2.92. The number of carbonyl (C=O) groups is 2. The van der Waals surface area contributed by atoms with Crippen molar-refractivity contribution in [1.29, 1.82) is 0 Å². The molecule has 0 fully saturated rings. The molecule has 2 amide bonds. The number of benzene rings is 3. The number of anilines is 1. The van der Waals surface area contributed by atoms with Gasteiger partial charge < -0.3 is 15.0 Å². The molecule has 0 aliphatic heterocycles. The van der Waals surface area contributed by atoms with Gasteiger partial charge in [0.25, 0.3) is 10.0 Å². The Morgan fingerprint density at radius 2 is 1.65 bits per heavy atom. The molecule has 0 saturated carbocycles. The fourth-order valence-corrected chi connectivity index (χ4v) is 6.09. The molecular formula is C30H36ClN3O5S. The summed E-state index contributed by atoms with van der Waals surface area (Å²) >= 11 is 6.16. The van der Waals surface area contributed by atoms with Crippen LogP contribution in [0.25, 0.3) is 0 Å². The van der Waals surface area contributed by atoms with Crippen LogP contribution in [0.3, 0.4) is 0 Å². The molecule has 3 rings (SSSR count). The first-order valence-corrected chi connectivity index (χ1v) is 14.9. The van der Waals surface area contributed by atoms with Crippen molar-refractivity contribution in [2.75, 3.05) is 18.0 Å². The molecule has 0 spiro atoms. The van der Waals surface area contributed by atoms with E-state index in [1.54, 1.807) is 62.6 Å². The lowest BCUT2D eigenvalue weighted by molar-refractivity contribution is -0.140. The van der Waals surface area contributed by atoms with Crippen molar-refractivity contribution in [2.45, 2.75) is 57.6 Å². The monoisotopic (exact) mass is 585 g/mol. The lowest BCUT2D eigenvalue weighted by atomic mass is 10.1. The van der Waals surface area contributed by atoms with Crippen molar-refractivity contribution in [3.63, 3.8) is 0 Å². The minimum atomic E-state index is -4.15. The van der Waals surface area contributed by atoms with E-state index in [1.807, 2.05) is 32.9 Å². The van der Waals surface area contributed by atoms with Gasteiger partial charge in [-0.1, -0.05) is 48.9 Å². The highest BCUT2D eigenvalue weighted by Gasteiger charge is 2.34. The lowest BCUT2D eigenvalue weighted by Gasteiger charge is -2.34. The number of sulfonamides is 1. The molecule has 0 aliphatic rings. The zero-order chi connectivity index (χ0) is 29.4. The minimum Gasteiger partial charge on any atom is -0.497 e. The van der Waals surface area contributed by atoms with Crippen LogP contribution in [-0.4, -0.2) is 50.9 Å². The second-order valence-corrected chi connectivity index (χ2v) is 12.0. The molecule has 3 aromatic carbocycles. The van der Waals surface area contributed by atoms with Gasteiger partial charge in [0.05, 0.1) is 17.7 Å². The molecule has 1 unspecified atom stereocenters. The van der Waals surface area contributed by atoms with Crippen LogP contribution in [0.1, 0.15) is 38.3 Å². The van der Waals surface area contributed by atoms with E-state index in [4.69, 9.17) is 16.3 Å². The third-order valence-electron chi connectivity index (χ3n) is 6.37. The third-order valence-corrected chi connectivity index (χ3v) is 8.38. The maximum atomic E-state index is 14.1. The van der Waals surface area contributed by atoms with E-state index in [0.717, 1.165) is 9.87 Å². The molecule has 1 N–H and O–H groups in total. The van der Waals surface area contributed by atoms with Crippen LogP contribution in [0.2, 0.25) is 5.02 Å². The second kappa shape index (κ2) is 13.7. The van der Waals surface area contributed by atoms with Gasteiger partial charge in [-0.3, -0.25) is 13.9 Å². The maximum Gasteiger partial charge on any atom is 0.264 e. The zero-order valence-corrected chi connectivity index (χ0v) is 25.0. The summed E-state index contributed by atoms with van der Waals surface area (Å²) in [6.45, 7) is 6.84. The molecule has 1 atom stereocenters. The number of halogens is 1. The first-order valence-electron chi connectivity index (χ1n) is 13.0. The number of hydrogen-bond donors (Lipinski definition) is 1. The second-order valence-electron chi connectivity index (χ2n) is 9.71. The van der Waals surface area contributed by atoms with Crippen LogP contribution in [0.5, 0.6) is 5.75 Å². The summed E-state index contributed by atoms with van der Waals surface area (Å²) < 4.78 is 34.1. The van der Waals surface area contributed by atoms with Crippen molar-refractivity contribution < 1.29 is 22.7 Å². The number of carbonyl (C=O) groups excluding carboxylic acids is 2. The molecule has 10 heteroatoms. The van der Waals surface area contributed by atoms with Gasteiger partial charge in [0.1, 0.15) is 18.3 Å². The smallest absolute Gasteiger partial charge is 0.264 e. The Labute approximate surface area is 241 Å². The predicted molar refractivity (Wildman–Crippen MR) is 158 cm³/mol. The summed E-state index contributed by atoms with van der Waals surface area (Å²) in [5, 5.41) is 3.34. The fourth-order valence-electron chi connectivity index (χ4n) is 4.36. The van der Waals surface area contributed by atoms with E-state index in [1.165, 1.54) is 17.0 Å². The van der Waals surface area contributed by atoms with Crippen LogP contribution < -0.4 is 14.4 Å². The molecule has 3 aromatic rings. The average molecular weight is 586 g/mol. The Hall–Kier alpha value is -3.56. The topological polar surface area (TPSA) is 96.0 Å². The van der Waals surface area contributed by atoms with E-state index < -0.39 is 28.5 Å². The van der Waals surface area contributed by atoms with Gasteiger partial charge in [0.2, 0.25) is 11.8 Å². The van der Waals surface area contributed by atoms with Gasteiger partial charge in [0, 0.05) is 17.6 Å². The normalized spacial score (nSPS) is 12.1. The Bertz CT molecular complexity index is 1410. The van der Waals surface area contributed by atoms with Gasteiger partial charge in [-0.2, -0.15) is 0 Å². The summed E-state index contributed by atoms with van der Waals surface area (Å²) in [7, 11) is -2.58. The SMILES string of the molecule is CCC(C(=O)NC(C)C)N(Cc1ccc(OC)cc1)C(=O)CN(c1ccc(Cl)cc1C)S(=O)(=O)c1ccccc1. The number of ether oxygens (including phenoxy) is 1. The molecule has 0 saturated heterocycles. The quantitative estimate of drug-likeness (QED) is 0.316. The van der Waals surface area contributed by atoms with Crippen molar-refractivity contribution in [3.05, 3.63) is 88.9 Å². The molecule has 214 valence electrons. The molecule has 0 aromatic heterocycles. The Kier molecular flexibility index (Phi) is 10.6. The van der Waals surface area contributed by atoms with Gasteiger partial charge in [-0.25, -0.2) is 8.42 Å². The van der Waals surface area contributed by atoms with E-state index in [0.29, 0.717) is 28.4 Å². The number of hydrogen-bond acceptors (Lipinski definition) is 5. The molecule has 0 heterocycles. The van der Waals surface area contributed by atoms with E-state index in [9.17, 15) is 18.0 Å². The van der Waals surface area contributed by atoms with Gasteiger partial charge >= 0.3 is 0 Å². The largest absolute Gasteiger partial charge is 0.497 e. The van der Waals surface area contributed by atoms with Crippen molar-refractivity contribution in [2.24, 2.45) is 0 Å². The molecule has 8 nitrogen and oxygen atoms in total. The predicted octanol–water partition coefficient (Wildman–Crippen LogP) is 5.18. The van der Waals surface area contributed by atoms with Crippen LogP contribution in [-0.2, 0) is 26.2 Å². The summed E-state index contributed by atoms with van der Waals surface area (Å²) in [6, 6.07) is 19.0. The third kappa shape index (κ3) is 7.55. The first-order chi connectivity index (χ1) is 19.0. The Morgan fingerprint density at radius 1 is 1.00 bits per heavy atom. The maximum absolute atomic E-state index is 14.1. The van der Waals surface area contributed by atoms with Crippen LogP contribution in [0.4, 0.5) is 5.69 Å². The van der Waals surface area contributed by atoms with Crippen LogP contribution >= 0.6 is 11.6 Å².